The molecule has 2 aromatic heterocycles. The molecule has 0 radical (unpaired) electrons. The van der Waals surface area contributed by atoms with E-state index in [1.54, 1.807) is 0 Å². The van der Waals surface area contributed by atoms with Gasteiger partial charge in [0.2, 0.25) is 0 Å². The largest absolute Gasteiger partial charge is 0.135 e. The lowest BCUT2D eigenvalue weighted by Crippen LogP contribution is -1.86. The molecular weight excluding hydrogens is 497 g/mol. The molecule has 0 fully saturated rings. The van der Waals surface area contributed by atoms with Gasteiger partial charge in [-0.3, -0.25) is 0 Å². The second-order valence-corrected chi connectivity index (χ2v) is 12.2. The van der Waals surface area contributed by atoms with Gasteiger partial charge in [-0.15, -0.1) is 22.7 Å². The van der Waals surface area contributed by atoms with Crippen LogP contribution in [-0.2, 0) is 0 Å². The average molecular weight is 517 g/mol. The Labute approximate surface area is 225 Å². The normalized spacial score (nSPS) is 12.2. The first kappa shape index (κ1) is 20.8. The fourth-order valence-electron chi connectivity index (χ4n) is 6.53. The van der Waals surface area contributed by atoms with E-state index in [-0.39, 0.29) is 0 Å². The van der Waals surface area contributed by atoms with Crippen LogP contribution in [0.15, 0.2) is 121 Å². The number of benzene rings is 6. The van der Waals surface area contributed by atoms with E-state index in [9.17, 15) is 0 Å². The molecule has 0 aliphatic carbocycles. The number of thiophene rings is 2. The number of fused-ring (bicyclic) bond motifs is 1. The summed E-state index contributed by atoms with van der Waals surface area (Å²) in [5, 5.41) is 16.0. The van der Waals surface area contributed by atoms with Crippen LogP contribution in [-0.4, -0.2) is 0 Å². The van der Waals surface area contributed by atoms with Crippen molar-refractivity contribution in [3.05, 3.63) is 160 Å². The molecule has 0 N–H and O–H groups in total. The predicted molar refractivity (Wildman–Crippen MR) is 162 cm³/mol. The second-order valence-electron chi connectivity index (χ2n) is 10.0. The number of hydrogen-bond acceptors (Lipinski definition) is 2. The van der Waals surface area contributed by atoms with Crippen molar-refractivity contribution in [3.8, 4) is 0 Å². The third-order valence-electron chi connectivity index (χ3n) is 8.06. The topological polar surface area (TPSA) is 0 Å². The van der Waals surface area contributed by atoms with E-state index in [1.165, 1.54) is 82.1 Å². The van der Waals surface area contributed by atoms with Crippen molar-refractivity contribution in [2.24, 2.45) is 0 Å². The maximum atomic E-state index is 2.34. The van der Waals surface area contributed by atoms with E-state index in [0.29, 0.717) is 0 Å². The minimum Gasteiger partial charge on any atom is -0.135 e. The molecule has 6 aromatic carbocycles. The molecule has 8 aromatic rings. The molecule has 0 saturated carbocycles. The fourth-order valence-corrected chi connectivity index (χ4v) is 8.84. The SMILES string of the molecule is c1ccc2c3c4ccccc4c(c2c1)=c1ccc(s1)=c1c2ccccc2c(c2ccccc12)=c1ccc=3s1. The van der Waals surface area contributed by atoms with E-state index >= 15 is 0 Å². The second kappa shape index (κ2) is 7.64. The summed E-state index contributed by atoms with van der Waals surface area (Å²) >= 11 is 3.84. The Kier molecular flexibility index (Phi) is 4.18. The Morgan fingerprint density at radius 2 is 0.421 bits per heavy atom. The molecule has 2 aliphatic rings. The van der Waals surface area contributed by atoms with Crippen molar-refractivity contribution in [1.29, 1.82) is 0 Å². The zero-order chi connectivity index (χ0) is 24.8. The lowest BCUT2D eigenvalue weighted by molar-refractivity contribution is 1.62. The molecular formula is C36H20S2. The van der Waals surface area contributed by atoms with Gasteiger partial charge < -0.3 is 0 Å². The smallest absolute Gasteiger partial charge is 0.0361 e. The molecule has 10 rings (SSSR count). The van der Waals surface area contributed by atoms with Gasteiger partial charge in [0.05, 0.1) is 0 Å². The van der Waals surface area contributed by atoms with Crippen LogP contribution in [0.25, 0.3) is 43.1 Å². The van der Waals surface area contributed by atoms with E-state index in [4.69, 9.17) is 0 Å². The van der Waals surface area contributed by atoms with E-state index in [2.05, 4.69) is 121 Å². The van der Waals surface area contributed by atoms with E-state index in [1.807, 2.05) is 22.7 Å². The van der Waals surface area contributed by atoms with Crippen molar-refractivity contribution < 1.29 is 0 Å². The Bertz CT molecular complexity index is 2180. The van der Waals surface area contributed by atoms with E-state index in [0.717, 1.165) is 0 Å². The first-order valence-corrected chi connectivity index (χ1v) is 14.6. The van der Waals surface area contributed by atoms with Gasteiger partial charge in [-0.2, -0.15) is 0 Å². The number of rotatable bonds is 0. The molecule has 0 spiro atoms. The fraction of sp³-hybridized carbons (Fsp3) is 0. The van der Waals surface area contributed by atoms with Crippen LogP contribution < -0.4 is 0 Å². The molecule has 176 valence electrons. The first-order chi connectivity index (χ1) is 18.9. The summed E-state index contributed by atoms with van der Waals surface area (Å²) in [6.07, 6.45) is 0. The Morgan fingerprint density at radius 3 is 0.605 bits per heavy atom. The zero-order valence-corrected chi connectivity index (χ0v) is 22.0. The van der Waals surface area contributed by atoms with Crippen LogP contribution in [0.1, 0.15) is 0 Å². The van der Waals surface area contributed by atoms with Crippen LogP contribution in [0.3, 0.4) is 0 Å². The third-order valence-corrected chi connectivity index (χ3v) is 10.3. The average Bonchev–Trinajstić information content (AvgIpc) is 3.64. The maximum absolute atomic E-state index is 2.34. The van der Waals surface area contributed by atoms with Gasteiger partial charge in [-0.05, 0) is 67.4 Å². The molecule has 2 heteroatoms. The molecule has 0 unspecified atom stereocenters. The summed E-state index contributed by atoms with van der Waals surface area (Å²) in [7, 11) is 0. The molecule has 4 heterocycles. The van der Waals surface area contributed by atoms with Crippen LogP contribution >= 0.6 is 22.7 Å². The molecule has 2 aliphatic heterocycles. The molecule has 0 amide bonds. The highest BCUT2D eigenvalue weighted by atomic mass is 32.1. The summed E-state index contributed by atoms with van der Waals surface area (Å²) in [5.41, 5.74) is 0. The molecule has 8 bridgehead atoms. The van der Waals surface area contributed by atoms with Crippen LogP contribution in [0.5, 0.6) is 0 Å². The van der Waals surface area contributed by atoms with Gasteiger partial charge >= 0.3 is 0 Å². The van der Waals surface area contributed by atoms with Crippen molar-refractivity contribution in [2.75, 3.05) is 0 Å². The Balaban J connectivity index is 1.85. The summed E-state index contributed by atoms with van der Waals surface area (Å²) in [6, 6.07) is 45.3. The highest BCUT2D eigenvalue weighted by molar-refractivity contribution is 7.08. The predicted octanol–water partition coefficient (Wildman–Crippen LogP) is 9.88. The van der Waals surface area contributed by atoms with Gasteiger partial charge in [0.15, 0.2) is 0 Å². The number of hydrogen-bond donors (Lipinski definition) is 0. The van der Waals surface area contributed by atoms with Crippen molar-refractivity contribution in [2.45, 2.75) is 0 Å². The minimum absolute atomic E-state index is 1.32. The molecule has 0 atom stereocenters. The van der Waals surface area contributed by atoms with Gasteiger partial charge in [-0.25, -0.2) is 0 Å². The van der Waals surface area contributed by atoms with Gasteiger partial charge in [0, 0.05) is 39.0 Å². The van der Waals surface area contributed by atoms with Crippen molar-refractivity contribution >= 4 is 65.8 Å². The Morgan fingerprint density at radius 1 is 0.237 bits per heavy atom. The Hall–Kier alpha value is -4.24. The van der Waals surface area contributed by atoms with Crippen LogP contribution in [0, 0.1) is 39.0 Å². The van der Waals surface area contributed by atoms with E-state index < -0.39 is 0 Å². The quantitative estimate of drug-likeness (QED) is 0.176. The highest BCUT2D eigenvalue weighted by Crippen LogP contribution is 2.34. The minimum atomic E-state index is 1.32. The standard InChI is InChI=1S/C36H20S2/c1-2-10-22-21(9-1)33-23-11-3-4-12-24(23)34(22)30-19-20-32(38-30)36-27-15-7-5-13-25(27)35(31-18-17-29(33)37-31)26-14-6-8-16-28(26)36/h1-20H. The lowest BCUT2D eigenvalue weighted by Gasteiger charge is -2.08. The van der Waals surface area contributed by atoms with Crippen LogP contribution in [0.4, 0.5) is 0 Å². The monoisotopic (exact) mass is 516 g/mol. The third kappa shape index (κ3) is 2.69. The highest BCUT2D eigenvalue weighted by Gasteiger charge is 2.11. The summed E-state index contributed by atoms with van der Waals surface area (Å²) in [6.45, 7) is 0. The summed E-state index contributed by atoms with van der Waals surface area (Å²) in [5.74, 6) is 0. The zero-order valence-electron chi connectivity index (χ0n) is 20.4. The van der Waals surface area contributed by atoms with Gasteiger partial charge in [0.25, 0.3) is 0 Å². The summed E-state index contributed by atoms with van der Waals surface area (Å²) in [4.78, 5) is 0. The lowest BCUT2D eigenvalue weighted by atomic mass is 9.97. The molecule has 38 heavy (non-hydrogen) atoms. The van der Waals surface area contributed by atoms with Gasteiger partial charge in [0.1, 0.15) is 0 Å². The maximum Gasteiger partial charge on any atom is 0.0361 e. The first-order valence-electron chi connectivity index (χ1n) is 12.9. The molecule has 0 saturated heterocycles. The van der Waals surface area contributed by atoms with Crippen molar-refractivity contribution in [3.63, 3.8) is 0 Å². The van der Waals surface area contributed by atoms with Crippen molar-refractivity contribution in [1.82, 2.24) is 0 Å². The molecule has 0 nitrogen and oxygen atoms in total. The van der Waals surface area contributed by atoms with Crippen LogP contribution in [0.2, 0.25) is 0 Å². The summed E-state index contributed by atoms with van der Waals surface area (Å²) < 4.78 is 5.28. The van der Waals surface area contributed by atoms with Gasteiger partial charge in [-0.1, -0.05) is 97.1 Å².